The Labute approximate surface area is 126 Å². The predicted molar refractivity (Wildman–Crippen MR) is 83.6 cm³/mol. The number of carbonyl (C=O) groups is 2. The minimum absolute atomic E-state index is 0.0714. The van der Waals surface area contributed by atoms with E-state index >= 15 is 0 Å². The Morgan fingerprint density at radius 2 is 1.81 bits per heavy atom. The Morgan fingerprint density at radius 3 is 2.38 bits per heavy atom. The number of nitrogen functional groups attached to an aromatic ring is 1. The van der Waals surface area contributed by atoms with Crippen molar-refractivity contribution >= 4 is 34.5 Å². The summed E-state index contributed by atoms with van der Waals surface area (Å²) in [5.74, 6) is -0.310. The Hall–Kier alpha value is -2.34. The summed E-state index contributed by atoms with van der Waals surface area (Å²) < 4.78 is 0. The maximum absolute atomic E-state index is 12.0. The molecule has 1 aromatic carbocycles. The van der Waals surface area contributed by atoms with E-state index in [0.717, 1.165) is 12.8 Å². The molecule has 2 aromatic rings. The number of thiophene rings is 1. The lowest BCUT2D eigenvalue weighted by Gasteiger charge is -2.06. The smallest absolute Gasteiger partial charge is 0.267 e. The Morgan fingerprint density at radius 1 is 1.10 bits per heavy atom. The highest BCUT2D eigenvalue weighted by Crippen LogP contribution is 2.21. The van der Waals surface area contributed by atoms with E-state index in [0.29, 0.717) is 27.9 Å². The molecule has 6 heteroatoms. The molecular formula is C15H15N3O2S. The molecule has 0 aliphatic heterocycles. The summed E-state index contributed by atoms with van der Waals surface area (Å²) in [6.07, 6.45) is 2.12. The molecule has 0 radical (unpaired) electrons. The van der Waals surface area contributed by atoms with Crippen LogP contribution in [0.5, 0.6) is 0 Å². The molecule has 0 spiro atoms. The molecule has 1 saturated carbocycles. The van der Waals surface area contributed by atoms with E-state index in [-0.39, 0.29) is 11.8 Å². The van der Waals surface area contributed by atoms with Crippen molar-refractivity contribution < 1.29 is 9.59 Å². The van der Waals surface area contributed by atoms with Crippen molar-refractivity contribution in [2.75, 3.05) is 11.1 Å². The van der Waals surface area contributed by atoms with E-state index in [2.05, 4.69) is 10.6 Å². The van der Waals surface area contributed by atoms with Crippen LogP contribution in [0.25, 0.3) is 0 Å². The molecule has 1 aliphatic rings. The molecule has 0 bridgehead atoms. The molecule has 1 fully saturated rings. The third-order valence-electron chi connectivity index (χ3n) is 3.22. The van der Waals surface area contributed by atoms with Gasteiger partial charge in [0.05, 0.1) is 5.69 Å². The van der Waals surface area contributed by atoms with Crippen LogP contribution in [-0.4, -0.2) is 17.9 Å². The average Bonchev–Trinajstić information content (AvgIpc) is 3.18. The van der Waals surface area contributed by atoms with Gasteiger partial charge in [0.2, 0.25) is 0 Å². The number of anilines is 2. The number of hydrogen-bond donors (Lipinski definition) is 3. The van der Waals surface area contributed by atoms with E-state index in [4.69, 9.17) is 5.73 Å². The van der Waals surface area contributed by atoms with Crippen LogP contribution in [-0.2, 0) is 0 Å². The third-order valence-corrected chi connectivity index (χ3v) is 4.15. The zero-order valence-corrected chi connectivity index (χ0v) is 12.1. The number of nitrogens with one attached hydrogen (secondary N) is 2. The average molecular weight is 301 g/mol. The Balaban J connectivity index is 1.65. The van der Waals surface area contributed by atoms with E-state index in [1.807, 2.05) is 0 Å². The summed E-state index contributed by atoms with van der Waals surface area (Å²) in [7, 11) is 0. The predicted octanol–water partition coefficient (Wildman–Crippen LogP) is 2.47. The van der Waals surface area contributed by atoms with E-state index in [1.165, 1.54) is 11.3 Å². The van der Waals surface area contributed by atoms with Crippen LogP contribution in [0.3, 0.4) is 0 Å². The van der Waals surface area contributed by atoms with Gasteiger partial charge in [0.15, 0.2) is 0 Å². The molecular weight excluding hydrogens is 286 g/mol. The minimum atomic E-state index is -0.238. The normalized spacial score (nSPS) is 13.7. The Bertz CT molecular complexity index is 674. The quantitative estimate of drug-likeness (QED) is 0.811. The van der Waals surface area contributed by atoms with Gasteiger partial charge in [-0.2, -0.15) is 0 Å². The van der Waals surface area contributed by atoms with Gasteiger partial charge >= 0.3 is 0 Å². The van der Waals surface area contributed by atoms with E-state index in [9.17, 15) is 9.59 Å². The van der Waals surface area contributed by atoms with Crippen molar-refractivity contribution in [2.24, 2.45) is 0 Å². The van der Waals surface area contributed by atoms with Crippen LogP contribution in [0, 0.1) is 0 Å². The van der Waals surface area contributed by atoms with Crippen molar-refractivity contribution in [2.45, 2.75) is 18.9 Å². The molecule has 21 heavy (non-hydrogen) atoms. The fourth-order valence-corrected chi connectivity index (χ4v) is 2.61. The summed E-state index contributed by atoms with van der Waals surface area (Å²) in [6, 6.07) is 8.85. The molecule has 0 atom stereocenters. The number of carbonyl (C=O) groups excluding carboxylic acids is 2. The first-order valence-electron chi connectivity index (χ1n) is 6.69. The molecule has 0 unspecified atom stereocenters. The molecule has 108 valence electrons. The highest BCUT2D eigenvalue weighted by atomic mass is 32.1. The van der Waals surface area contributed by atoms with Gasteiger partial charge in [-0.05, 0) is 48.6 Å². The fraction of sp³-hybridized carbons (Fsp3) is 0.200. The number of benzene rings is 1. The highest BCUT2D eigenvalue weighted by molar-refractivity contribution is 7.12. The van der Waals surface area contributed by atoms with Gasteiger partial charge in [0, 0.05) is 17.3 Å². The molecule has 5 nitrogen and oxygen atoms in total. The highest BCUT2D eigenvalue weighted by Gasteiger charge is 2.23. The van der Waals surface area contributed by atoms with Crippen LogP contribution < -0.4 is 16.4 Å². The SMILES string of the molecule is Nc1ccsc1C(=O)Nc1ccc(C(=O)NC2CC2)cc1. The lowest BCUT2D eigenvalue weighted by molar-refractivity contribution is 0.0950. The summed E-state index contributed by atoms with van der Waals surface area (Å²) in [6.45, 7) is 0. The van der Waals surface area contributed by atoms with Crippen LogP contribution >= 0.6 is 11.3 Å². The lowest BCUT2D eigenvalue weighted by Crippen LogP contribution is -2.25. The van der Waals surface area contributed by atoms with Gasteiger partial charge in [-0.15, -0.1) is 11.3 Å². The second-order valence-electron chi connectivity index (χ2n) is 4.98. The van der Waals surface area contributed by atoms with Crippen molar-refractivity contribution in [3.05, 3.63) is 46.2 Å². The van der Waals surface area contributed by atoms with Crippen molar-refractivity contribution in [3.8, 4) is 0 Å². The molecule has 1 heterocycles. The van der Waals surface area contributed by atoms with Crippen molar-refractivity contribution in [1.29, 1.82) is 0 Å². The number of rotatable bonds is 4. The summed E-state index contributed by atoms with van der Waals surface area (Å²) in [5.41, 5.74) is 7.41. The first-order chi connectivity index (χ1) is 10.1. The monoisotopic (exact) mass is 301 g/mol. The summed E-state index contributed by atoms with van der Waals surface area (Å²) >= 11 is 1.30. The second-order valence-corrected chi connectivity index (χ2v) is 5.90. The topological polar surface area (TPSA) is 84.2 Å². The second kappa shape index (κ2) is 5.57. The van der Waals surface area contributed by atoms with E-state index < -0.39 is 0 Å². The van der Waals surface area contributed by atoms with Crippen LogP contribution in [0.2, 0.25) is 0 Å². The van der Waals surface area contributed by atoms with Crippen LogP contribution in [0.1, 0.15) is 32.9 Å². The summed E-state index contributed by atoms with van der Waals surface area (Å²) in [4.78, 5) is 24.3. The standard InChI is InChI=1S/C15H15N3O2S/c16-12-7-8-21-13(12)15(20)18-10-3-1-9(2-4-10)14(19)17-11-5-6-11/h1-4,7-8,11H,5-6,16H2,(H,17,19)(H,18,20). The molecule has 1 aliphatic carbocycles. The molecule has 0 saturated heterocycles. The maximum Gasteiger partial charge on any atom is 0.267 e. The number of amides is 2. The molecule has 4 N–H and O–H groups in total. The lowest BCUT2D eigenvalue weighted by atomic mass is 10.2. The summed E-state index contributed by atoms with van der Waals surface area (Å²) in [5, 5.41) is 7.46. The van der Waals surface area contributed by atoms with Gasteiger partial charge in [-0.3, -0.25) is 9.59 Å². The van der Waals surface area contributed by atoms with Crippen LogP contribution in [0.4, 0.5) is 11.4 Å². The molecule has 2 amide bonds. The maximum atomic E-state index is 12.0. The van der Waals surface area contributed by atoms with Gasteiger partial charge in [0.1, 0.15) is 4.88 Å². The minimum Gasteiger partial charge on any atom is -0.397 e. The Kier molecular flexibility index (Phi) is 3.62. The first-order valence-corrected chi connectivity index (χ1v) is 7.56. The molecule has 1 aromatic heterocycles. The number of hydrogen-bond acceptors (Lipinski definition) is 4. The third kappa shape index (κ3) is 3.22. The number of nitrogens with two attached hydrogens (primary N) is 1. The molecule has 3 rings (SSSR count). The van der Waals surface area contributed by atoms with Crippen molar-refractivity contribution in [3.63, 3.8) is 0 Å². The van der Waals surface area contributed by atoms with Gasteiger partial charge in [-0.25, -0.2) is 0 Å². The zero-order chi connectivity index (χ0) is 14.8. The zero-order valence-electron chi connectivity index (χ0n) is 11.3. The van der Waals surface area contributed by atoms with Crippen LogP contribution in [0.15, 0.2) is 35.7 Å². The van der Waals surface area contributed by atoms with Gasteiger partial charge < -0.3 is 16.4 Å². The van der Waals surface area contributed by atoms with Gasteiger partial charge in [0.25, 0.3) is 11.8 Å². The van der Waals surface area contributed by atoms with Gasteiger partial charge in [-0.1, -0.05) is 0 Å². The van der Waals surface area contributed by atoms with E-state index in [1.54, 1.807) is 35.7 Å². The first kappa shape index (κ1) is 13.6. The fourth-order valence-electron chi connectivity index (χ4n) is 1.89. The largest absolute Gasteiger partial charge is 0.397 e. The van der Waals surface area contributed by atoms with Crippen molar-refractivity contribution in [1.82, 2.24) is 5.32 Å².